The van der Waals surface area contributed by atoms with Gasteiger partial charge in [0.25, 0.3) is 0 Å². The first-order chi connectivity index (χ1) is 23.1. The molecule has 47 heavy (non-hydrogen) atoms. The zero-order valence-electron chi connectivity index (χ0n) is 26.9. The number of para-hydroxylation sites is 1. The average Bonchev–Trinajstić information content (AvgIpc) is 3.46. The highest BCUT2D eigenvalue weighted by atomic mass is 15.1. The summed E-state index contributed by atoms with van der Waals surface area (Å²) >= 11 is 0. The molecule has 0 N–H and O–H groups in total. The number of benzene rings is 4. The van der Waals surface area contributed by atoms with Gasteiger partial charge in [-0.1, -0.05) is 98.8 Å². The Labute approximate surface area is 276 Å². The fourth-order valence-electron chi connectivity index (χ4n) is 8.00. The summed E-state index contributed by atoms with van der Waals surface area (Å²) in [6.45, 7) is 4.65. The number of allylic oxidation sites excluding steroid dienone is 8. The van der Waals surface area contributed by atoms with Crippen LogP contribution in [0.4, 0.5) is 11.4 Å². The fourth-order valence-corrected chi connectivity index (χ4v) is 8.00. The molecule has 0 radical (unpaired) electrons. The molecule has 3 nitrogen and oxygen atoms in total. The molecule has 228 valence electrons. The van der Waals surface area contributed by atoms with E-state index in [1.54, 1.807) is 0 Å². The lowest BCUT2D eigenvalue weighted by atomic mass is 9.75. The number of aromatic nitrogens is 2. The standard InChI is InChI=1S/C44H37N3/c1-44(2)39-15-9-10-16-42(39)47-41-26-25-36(27-37(41)38-28-45-29-40(44)43(38)47)46(34-21-17-32(18-22-34)30-11-5-3-6-12-30)35-23-19-33(20-24-35)31-13-7-4-8-14-31/h3-7,9-13,15-19,21-23,25-29H,8,14,20,24H2,1-2H3. The lowest BCUT2D eigenvalue weighted by molar-refractivity contribution is 0.627. The summed E-state index contributed by atoms with van der Waals surface area (Å²) in [6.07, 6.45) is 19.9. The molecule has 9 rings (SSSR count). The number of fused-ring (bicyclic) bond motifs is 5. The SMILES string of the molecule is CC1(C)c2ccccc2-n2c3ccc(N(C4=CC=C(C5=CC=CCC5)CC4)c4ccc(-c5ccccc5)cc4)cc3c3cncc1c32. The summed E-state index contributed by atoms with van der Waals surface area (Å²) < 4.78 is 2.46. The Morgan fingerprint density at radius 2 is 1.43 bits per heavy atom. The van der Waals surface area contributed by atoms with Gasteiger partial charge in [0.1, 0.15) is 0 Å². The third-order valence-electron chi connectivity index (χ3n) is 10.5. The summed E-state index contributed by atoms with van der Waals surface area (Å²) in [5.41, 5.74) is 15.3. The Balaban J connectivity index is 1.22. The van der Waals surface area contributed by atoms with Crippen LogP contribution in [0.1, 0.15) is 50.7 Å². The largest absolute Gasteiger partial charge is 0.314 e. The van der Waals surface area contributed by atoms with E-state index in [4.69, 9.17) is 4.98 Å². The molecule has 3 heterocycles. The van der Waals surface area contributed by atoms with Gasteiger partial charge in [0, 0.05) is 51.2 Å². The predicted molar refractivity (Wildman–Crippen MR) is 197 cm³/mol. The van der Waals surface area contributed by atoms with Crippen molar-refractivity contribution in [3.05, 3.63) is 168 Å². The number of hydrogen-bond donors (Lipinski definition) is 0. The molecule has 0 bridgehead atoms. The first kappa shape index (κ1) is 27.9. The van der Waals surface area contributed by atoms with Gasteiger partial charge in [-0.25, -0.2) is 0 Å². The molecule has 1 aliphatic heterocycles. The van der Waals surface area contributed by atoms with Gasteiger partial charge < -0.3 is 9.47 Å². The second kappa shape index (κ2) is 10.8. The molecule has 2 aliphatic carbocycles. The summed E-state index contributed by atoms with van der Waals surface area (Å²) in [7, 11) is 0. The lowest BCUT2D eigenvalue weighted by Crippen LogP contribution is -2.26. The lowest BCUT2D eigenvalue weighted by Gasteiger charge is -2.34. The van der Waals surface area contributed by atoms with E-state index in [2.05, 4.69) is 163 Å². The van der Waals surface area contributed by atoms with Crippen molar-refractivity contribution in [2.75, 3.05) is 4.90 Å². The molecule has 6 aromatic rings. The fraction of sp³-hybridized carbons (Fsp3) is 0.159. The van der Waals surface area contributed by atoms with E-state index in [-0.39, 0.29) is 5.41 Å². The van der Waals surface area contributed by atoms with Gasteiger partial charge >= 0.3 is 0 Å². The minimum absolute atomic E-state index is 0.136. The van der Waals surface area contributed by atoms with Gasteiger partial charge in [-0.3, -0.25) is 4.98 Å². The van der Waals surface area contributed by atoms with Gasteiger partial charge in [0.15, 0.2) is 0 Å². The smallest absolute Gasteiger partial charge is 0.0612 e. The Hall–Kier alpha value is -5.41. The monoisotopic (exact) mass is 607 g/mol. The molecule has 0 unspecified atom stereocenters. The van der Waals surface area contributed by atoms with Gasteiger partial charge in [-0.2, -0.15) is 0 Å². The second-order valence-corrected chi connectivity index (χ2v) is 13.5. The van der Waals surface area contributed by atoms with Gasteiger partial charge in [0.05, 0.1) is 16.7 Å². The maximum absolute atomic E-state index is 4.81. The summed E-state index contributed by atoms with van der Waals surface area (Å²) in [5, 5.41) is 2.44. The molecular formula is C44H37N3. The molecule has 3 aliphatic rings. The molecule has 0 fully saturated rings. The van der Waals surface area contributed by atoms with Crippen LogP contribution in [0.25, 0.3) is 38.6 Å². The molecule has 2 aromatic heterocycles. The van der Waals surface area contributed by atoms with E-state index in [1.165, 1.54) is 78.0 Å². The van der Waals surface area contributed by atoms with Crippen molar-refractivity contribution < 1.29 is 0 Å². The van der Waals surface area contributed by atoms with Crippen LogP contribution in [0.15, 0.2) is 157 Å². The number of nitrogens with zero attached hydrogens (tertiary/aromatic N) is 3. The van der Waals surface area contributed by atoms with E-state index in [0.717, 1.165) is 25.7 Å². The van der Waals surface area contributed by atoms with E-state index in [1.807, 2.05) is 0 Å². The second-order valence-electron chi connectivity index (χ2n) is 13.5. The molecule has 4 aromatic carbocycles. The average molecular weight is 608 g/mol. The van der Waals surface area contributed by atoms with Crippen LogP contribution in [0, 0.1) is 0 Å². The zero-order chi connectivity index (χ0) is 31.5. The van der Waals surface area contributed by atoms with Crippen molar-refractivity contribution in [1.82, 2.24) is 9.55 Å². The third-order valence-corrected chi connectivity index (χ3v) is 10.5. The van der Waals surface area contributed by atoms with Crippen molar-refractivity contribution in [3.8, 4) is 16.8 Å². The third kappa shape index (κ3) is 4.45. The van der Waals surface area contributed by atoms with Crippen LogP contribution in [-0.2, 0) is 5.41 Å². The maximum Gasteiger partial charge on any atom is 0.0612 e. The Kier molecular flexibility index (Phi) is 6.43. The number of anilines is 2. The number of rotatable bonds is 5. The number of hydrogen-bond acceptors (Lipinski definition) is 2. The molecule has 0 atom stereocenters. The van der Waals surface area contributed by atoms with E-state index in [9.17, 15) is 0 Å². The Morgan fingerprint density at radius 3 is 2.21 bits per heavy atom. The van der Waals surface area contributed by atoms with Crippen molar-refractivity contribution >= 4 is 33.2 Å². The maximum atomic E-state index is 4.81. The van der Waals surface area contributed by atoms with Gasteiger partial charge in [0.2, 0.25) is 0 Å². The summed E-state index contributed by atoms with van der Waals surface area (Å²) in [4.78, 5) is 7.27. The molecule has 0 amide bonds. The molecule has 0 spiro atoms. The molecular weight excluding hydrogens is 571 g/mol. The summed E-state index contributed by atoms with van der Waals surface area (Å²) in [5.74, 6) is 0. The van der Waals surface area contributed by atoms with Crippen molar-refractivity contribution in [2.24, 2.45) is 0 Å². The van der Waals surface area contributed by atoms with Crippen molar-refractivity contribution in [2.45, 2.75) is 44.9 Å². The van der Waals surface area contributed by atoms with Crippen LogP contribution in [0.2, 0.25) is 0 Å². The van der Waals surface area contributed by atoms with Gasteiger partial charge in [-0.15, -0.1) is 0 Å². The van der Waals surface area contributed by atoms with Crippen LogP contribution in [-0.4, -0.2) is 9.55 Å². The van der Waals surface area contributed by atoms with Gasteiger partial charge in [-0.05, 0) is 96.0 Å². The van der Waals surface area contributed by atoms with Crippen LogP contribution in [0.3, 0.4) is 0 Å². The minimum atomic E-state index is -0.136. The Morgan fingerprint density at radius 1 is 0.660 bits per heavy atom. The molecule has 3 heteroatoms. The highest BCUT2D eigenvalue weighted by Gasteiger charge is 2.35. The first-order valence-electron chi connectivity index (χ1n) is 16.8. The highest BCUT2D eigenvalue weighted by Crippen LogP contribution is 2.48. The van der Waals surface area contributed by atoms with E-state index in [0.29, 0.717) is 0 Å². The van der Waals surface area contributed by atoms with Crippen molar-refractivity contribution in [1.29, 1.82) is 0 Å². The van der Waals surface area contributed by atoms with E-state index >= 15 is 0 Å². The molecule has 0 saturated heterocycles. The number of pyridine rings is 1. The summed E-state index contributed by atoms with van der Waals surface area (Å²) in [6, 6.07) is 35.6. The van der Waals surface area contributed by atoms with Crippen LogP contribution >= 0.6 is 0 Å². The van der Waals surface area contributed by atoms with E-state index < -0.39 is 0 Å². The van der Waals surface area contributed by atoms with Crippen LogP contribution < -0.4 is 4.90 Å². The predicted octanol–water partition coefficient (Wildman–Crippen LogP) is 11.5. The molecule has 0 saturated carbocycles. The van der Waals surface area contributed by atoms with Crippen LogP contribution in [0.5, 0.6) is 0 Å². The topological polar surface area (TPSA) is 21.1 Å². The quantitative estimate of drug-likeness (QED) is 0.194. The minimum Gasteiger partial charge on any atom is -0.314 e. The zero-order valence-corrected chi connectivity index (χ0v) is 26.9. The van der Waals surface area contributed by atoms with Crippen molar-refractivity contribution in [3.63, 3.8) is 0 Å². The first-order valence-corrected chi connectivity index (χ1v) is 16.8. The highest BCUT2D eigenvalue weighted by molar-refractivity contribution is 6.12. The Bertz CT molecular complexity index is 2310. The normalized spacial score (nSPS) is 16.4.